The van der Waals surface area contributed by atoms with E-state index in [9.17, 15) is 9.59 Å². The zero-order valence-electron chi connectivity index (χ0n) is 10.1. The maximum Gasteiger partial charge on any atom is 0.313 e. The summed E-state index contributed by atoms with van der Waals surface area (Å²) in [5, 5.41) is 16.8. The second-order valence-corrected chi connectivity index (χ2v) is 4.73. The minimum atomic E-state index is -0.924. The van der Waals surface area contributed by atoms with E-state index in [1.807, 2.05) is 0 Å². The molecule has 1 aromatic heterocycles. The summed E-state index contributed by atoms with van der Waals surface area (Å²) in [6.07, 6.45) is 0. The Labute approximate surface area is 113 Å². The number of carbonyl (C=O) groups excluding carboxylic acids is 1. The average Bonchev–Trinajstić information content (AvgIpc) is 2.85. The van der Waals surface area contributed by atoms with Gasteiger partial charge in [-0.25, -0.2) is 0 Å². The quantitative estimate of drug-likeness (QED) is 0.639. The van der Waals surface area contributed by atoms with Gasteiger partial charge in [0.1, 0.15) is 0 Å². The fourth-order valence-corrected chi connectivity index (χ4v) is 2.09. The van der Waals surface area contributed by atoms with E-state index >= 15 is 0 Å². The molecular weight excluding hydrogens is 266 g/mol. The Hall–Kier alpha value is -2.15. The summed E-state index contributed by atoms with van der Waals surface area (Å²) < 4.78 is 0. The number of benzene rings is 1. The van der Waals surface area contributed by atoms with Crippen molar-refractivity contribution in [3.8, 4) is 11.4 Å². The molecule has 1 aromatic carbocycles. The van der Waals surface area contributed by atoms with Crippen molar-refractivity contribution >= 4 is 23.5 Å². The van der Waals surface area contributed by atoms with Crippen molar-refractivity contribution in [3.63, 3.8) is 0 Å². The normalized spacial score (nSPS) is 10.4. The van der Waals surface area contributed by atoms with E-state index in [0.717, 1.165) is 11.8 Å². The lowest BCUT2D eigenvalue weighted by Gasteiger charge is -2.02. The molecule has 0 aliphatic heterocycles. The third-order valence-electron chi connectivity index (χ3n) is 2.36. The minimum Gasteiger partial charge on any atom is -0.481 e. The number of carboxylic acid groups (broad SMARTS) is 1. The topological polar surface area (TPSA) is 95.9 Å². The van der Waals surface area contributed by atoms with E-state index in [0.29, 0.717) is 22.1 Å². The van der Waals surface area contributed by atoms with Crippen LogP contribution in [0.15, 0.2) is 29.4 Å². The zero-order chi connectivity index (χ0) is 13.8. The van der Waals surface area contributed by atoms with Crippen LogP contribution in [0.4, 0.5) is 0 Å². The van der Waals surface area contributed by atoms with Gasteiger partial charge in [0, 0.05) is 11.1 Å². The van der Waals surface area contributed by atoms with Crippen LogP contribution in [-0.4, -0.2) is 37.8 Å². The molecule has 0 saturated heterocycles. The van der Waals surface area contributed by atoms with Gasteiger partial charge in [0.25, 0.3) is 0 Å². The number of H-pyrrole nitrogens is 1. The molecule has 0 radical (unpaired) electrons. The summed E-state index contributed by atoms with van der Waals surface area (Å²) in [4.78, 5) is 24.9. The van der Waals surface area contributed by atoms with E-state index in [2.05, 4.69) is 15.2 Å². The molecule has 0 atom stereocenters. The molecule has 0 unspecified atom stereocenters. The van der Waals surface area contributed by atoms with Crippen LogP contribution in [-0.2, 0) is 4.79 Å². The molecule has 0 bridgehead atoms. The lowest BCUT2D eigenvalue weighted by Crippen LogP contribution is -1.98. The van der Waals surface area contributed by atoms with Crippen LogP contribution < -0.4 is 0 Å². The maximum atomic E-state index is 11.5. The van der Waals surface area contributed by atoms with Gasteiger partial charge in [-0.3, -0.25) is 9.59 Å². The summed E-state index contributed by atoms with van der Waals surface area (Å²) in [6, 6.07) is 7.05. The molecule has 98 valence electrons. The number of hydrogen-bond acceptors (Lipinski definition) is 5. The first-order valence-electron chi connectivity index (χ1n) is 5.45. The van der Waals surface area contributed by atoms with Crippen molar-refractivity contribution in [1.29, 1.82) is 0 Å². The average molecular weight is 277 g/mol. The Kier molecular flexibility index (Phi) is 3.96. The molecule has 2 aromatic rings. The van der Waals surface area contributed by atoms with Gasteiger partial charge in [-0.15, -0.1) is 10.2 Å². The van der Waals surface area contributed by atoms with Gasteiger partial charge in [-0.2, -0.15) is 0 Å². The van der Waals surface area contributed by atoms with Crippen LogP contribution in [0.2, 0.25) is 0 Å². The van der Waals surface area contributed by atoms with Crippen molar-refractivity contribution in [2.75, 3.05) is 5.75 Å². The summed E-state index contributed by atoms with van der Waals surface area (Å²) in [7, 11) is 0. The molecule has 0 amide bonds. The number of carbonyl (C=O) groups is 2. The molecule has 1 heterocycles. The van der Waals surface area contributed by atoms with Crippen LogP contribution in [0, 0.1) is 0 Å². The smallest absolute Gasteiger partial charge is 0.313 e. The number of aromatic amines is 1. The summed E-state index contributed by atoms with van der Waals surface area (Å²) in [6.45, 7) is 1.48. The van der Waals surface area contributed by atoms with Crippen molar-refractivity contribution in [2.45, 2.75) is 12.1 Å². The minimum absolute atomic E-state index is 0.0632. The van der Waals surface area contributed by atoms with Crippen LogP contribution in [0.3, 0.4) is 0 Å². The number of rotatable bonds is 5. The first-order valence-corrected chi connectivity index (χ1v) is 6.44. The van der Waals surface area contributed by atoms with Crippen molar-refractivity contribution in [3.05, 3.63) is 29.8 Å². The third-order valence-corrected chi connectivity index (χ3v) is 3.21. The number of aliphatic carboxylic acids is 1. The van der Waals surface area contributed by atoms with Crippen molar-refractivity contribution in [2.24, 2.45) is 0 Å². The number of hydrogen-bond donors (Lipinski definition) is 2. The molecule has 0 fully saturated rings. The van der Waals surface area contributed by atoms with Crippen LogP contribution in [0.5, 0.6) is 0 Å². The second-order valence-electron chi connectivity index (χ2n) is 3.76. The molecule has 0 aliphatic rings. The maximum absolute atomic E-state index is 11.5. The molecule has 19 heavy (non-hydrogen) atoms. The number of nitrogens with zero attached hydrogens (tertiary/aromatic N) is 2. The lowest BCUT2D eigenvalue weighted by atomic mass is 10.0. The zero-order valence-corrected chi connectivity index (χ0v) is 10.9. The fraction of sp³-hybridized carbons (Fsp3) is 0.167. The van der Waals surface area contributed by atoms with E-state index in [4.69, 9.17) is 5.11 Å². The Morgan fingerprint density at radius 2 is 2.05 bits per heavy atom. The molecule has 2 rings (SSSR count). The molecule has 0 aliphatic carbocycles. The molecule has 7 heteroatoms. The standard InChI is InChI=1S/C12H11N3O3S/c1-7(16)8-4-2-3-5-9(8)11-13-12(15-14-11)19-6-10(17)18/h2-5H,6H2,1H3,(H,17,18)(H,13,14,15). The first kappa shape index (κ1) is 13.3. The molecular formula is C12H11N3O3S. The third kappa shape index (κ3) is 3.19. The van der Waals surface area contributed by atoms with Crippen molar-refractivity contribution in [1.82, 2.24) is 15.2 Å². The van der Waals surface area contributed by atoms with Gasteiger partial charge in [-0.1, -0.05) is 36.0 Å². The number of carboxylic acids is 1. The number of Topliss-reactive ketones (excluding diaryl/α,β-unsaturated/α-hetero) is 1. The number of ketones is 1. The predicted molar refractivity (Wildman–Crippen MR) is 70.2 cm³/mol. The highest BCUT2D eigenvalue weighted by Crippen LogP contribution is 2.22. The van der Waals surface area contributed by atoms with Gasteiger partial charge in [0.05, 0.1) is 5.75 Å². The van der Waals surface area contributed by atoms with Crippen LogP contribution in [0.1, 0.15) is 17.3 Å². The second kappa shape index (κ2) is 5.66. The van der Waals surface area contributed by atoms with E-state index in [1.54, 1.807) is 24.3 Å². The van der Waals surface area contributed by atoms with Gasteiger partial charge >= 0.3 is 5.97 Å². The van der Waals surface area contributed by atoms with E-state index in [1.165, 1.54) is 6.92 Å². The largest absolute Gasteiger partial charge is 0.481 e. The van der Waals surface area contributed by atoms with E-state index in [-0.39, 0.29) is 11.5 Å². The Balaban J connectivity index is 2.28. The number of nitrogens with one attached hydrogen (secondary N) is 1. The van der Waals surface area contributed by atoms with Gasteiger partial charge in [-0.05, 0) is 6.92 Å². The molecule has 2 N–H and O–H groups in total. The highest BCUT2D eigenvalue weighted by molar-refractivity contribution is 7.99. The predicted octanol–water partition coefficient (Wildman–Crippen LogP) is 1.85. The van der Waals surface area contributed by atoms with Gasteiger partial charge < -0.3 is 10.1 Å². The summed E-state index contributed by atoms with van der Waals surface area (Å²) in [5.41, 5.74) is 1.21. The SMILES string of the molecule is CC(=O)c1ccccc1-c1nnc(SCC(=O)O)[nH]1. The Morgan fingerprint density at radius 1 is 1.32 bits per heavy atom. The van der Waals surface area contributed by atoms with Gasteiger partial charge in [0.15, 0.2) is 16.8 Å². The molecule has 0 spiro atoms. The monoisotopic (exact) mass is 277 g/mol. The van der Waals surface area contributed by atoms with E-state index < -0.39 is 5.97 Å². The van der Waals surface area contributed by atoms with Crippen LogP contribution in [0.25, 0.3) is 11.4 Å². The lowest BCUT2D eigenvalue weighted by molar-refractivity contribution is -0.133. The highest BCUT2D eigenvalue weighted by Gasteiger charge is 2.13. The number of thioether (sulfide) groups is 1. The summed E-state index contributed by atoms with van der Waals surface area (Å²) in [5.74, 6) is -0.624. The van der Waals surface area contributed by atoms with Crippen molar-refractivity contribution < 1.29 is 14.7 Å². The van der Waals surface area contributed by atoms with Crippen LogP contribution >= 0.6 is 11.8 Å². The summed E-state index contributed by atoms with van der Waals surface area (Å²) >= 11 is 1.04. The highest BCUT2D eigenvalue weighted by atomic mass is 32.2. The number of aromatic nitrogens is 3. The Bertz CT molecular complexity index is 624. The Morgan fingerprint density at radius 3 is 2.74 bits per heavy atom. The molecule has 6 nitrogen and oxygen atoms in total. The van der Waals surface area contributed by atoms with Gasteiger partial charge in [0.2, 0.25) is 0 Å². The first-order chi connectivity index (χ1) is 9.08. The fourth-order valence-electron chi connectivity index (χ4n) is 1.56. The molecule has 0 saturated carbocycles.